The summed E-state index contributed by atoms with van der Waals surface area (Å²) in [6.07, 6.45) is 0.253. The standard InChI is InChI=1S/C17H13F3N2O3/c1-24-13-7-11-12(8-14(13)25-17(19)20)21-15(22-16(11)23)6-9-2-4-10(18)5-3-9/h2-5,7-8,17H,6H2,1H3,(H,21,22,23). The molecule has 0 amide bonds. The van der Waals surface area contributed by atoms with E-state index in [9.17, 15) is 18.0 Å². The van der Waals surface area contributed by atoms with E-state index in [4.69, 9.17) is 4.74 Å². The van der Waals surface area contributed by atoms with Crippen molar-refractivity contribution in [1.82, 2.24) is 9.97 Å². The van der Waals surface area contributed by atoms with Crippen molar-refractivity contribution in [2.24, 2.45) is 0 Å². The lowest BCUT2D eigenvalue weighted by atomic mass is 10.1. The Balaban J connectivity index is 2.04. The maximum Gasteiger partial charge on any atom is 0.387 e. The second-order valence-electron chi connectivity index (χ2n) is 5.21. The van der Waals surface area contributed by atoms with Gasteiger partial charge in [0.25, 0.3) is 5.56 Å². The third-order valence-electron chi connectivity index (χ3n) is 3.54. The number of hydrogen-bond acceptors (Lipinski definition) is 4. The molecule has 0 aliphatic heterocycles. The predicted octanol–water partition coefficient (Wildman–Crippen LogP) is 3.26. The molecule has 2 aromatic carbocycles. The molecule has 0 spiro atoms. The van der Waals surface area contributed by atoms with Crippen LogP contribution in [-0.2, 0) is 6.42 Å². The van der Waals surface area contributed by atoms with E-state index >= 15 is 0 Å². The molecule has 8 heteroatoms. The number of rotatable bonds is 5. The van der Waals surface area contributed by atoms with Crippen molar-refractivity contribution in [3.05, 3.63) is 64.0 Å². The second kappa shape index (κ2) is 6.84. The fourth-order valence-electron chi connectivity index (χ4n) is 2.42. The Labute approximate surface area is 140 Å². The number of methoxy groups -OCH3 is 1. The van der Waals surface area contributed by atoms with Crippen molar-refractivity contribution < 1.29 is 22.6 Å². The molecule has 5 nitrogen and oxygen atoms in total. The van der Waals surface area contributed by atoms with Gasteiger partial charge in [0.1, 0.15) is 11.6 Å². The molecule has 1 N–H and O–H groups in total. The summed E-state index contributed by atoms with van der Waals surface area (Å²) in [7, 11) is 1.28. The van der Waals surface area contributed by atoms with Gasteiger partial charge in [-0.2, -0.15) is 8.78 Å². The van der Waals surface area contributed by atoms with Gasteiger partial charge >= 0.3 is 6.61 Å². The smallest absolute Gasteiger partial charge is 0.387 e. The molecule has 0 atom stereocenters. The zero-order valence-electron chi connectivity index (χ0n) is 13.1. The molecule has 0 unspecified atom stereocenters. The van der Waals surface area contributed by atoms with Crippen LogP contribution in [0.1, 0.15) is 11.4 Å². The molecule has 0 bridgehead atoms. The van der Waals surface area contributed by atoms with Crippen LogP contribution in [0.15, 0.2) is 41.2 Å². The highest BCUT2D eigenvalue weighted by atomic mass is 19.3. The van der Waals surface area contributed by atoms with Gasteiger partial charge in [-0.3, -0.25) is 4.79 Å². The molecule has 0 saturated carbocycles. The van der Waals surface area contributed by atoms with E-state index in [1.54, 1.807) is 12.1 Å². The zero-order chi connectivity index (χ0) is 18.0. The van der Waals surface area contributed by atoms with Crippen molar-refractivity contribution in [3.8, 4) is 11.5 Å². The molecule has 25 heavy (non-hydrogen) atoms. The quantitative estimate of drug-likeness (QED) is 0.767. The van der Waals surface area contributed by atoms with Gasteiger partial charge in [0, 0.05) is 12.5 Å². The Morgan fingerprint density at radius 1 is 1.16 bits per heavy atom. The SMILES string of the molecule is COc1cc2c(=O)[nH]c(Cc3ccc(F)cc3)nc2cc1OC(F)F. The highest BCUT2D eigenvalue weighted by Gasteiger charge is 2.15. The molecule has 1 heterocycles. The Morgan fingerprint density at radius 2 is 1.88 bits per heavy atom. The van der Waals surface area contributed by atoms with Crippen molar-refractivity contribution in [1.29, 1.82) is 0 Å². The molecule has 0 aliphatic rings. The van der Waals surface area contributed by atoms with Crippen LogP contribution in [0.4, 0.5) is 13.2 Å². The molecule has 0 saturated heterocycles. The van der Waals surface area contributed by atoms with Crippen LogP contribution in [0, 0.1) is 5.82 Å². The normalized spacial score (nSPS) is 11.1. The number of aromatic amines is 1. The molecular formula is C17H13F3N2O3. The molecule has 130 valence electrons. The lowest BCUT2D eigenvalue weighted by molar-refractivity contribution is -0.0511. The van der Waals surface area contributed by atoms with Gasteiger partial charge in [-0.1, -0.05) is 12.1 Å². The fraction of sp³-hybridized carbons (Fsp3) is 0.176. The van der Waals surface area contributed by atoms with Gasteiger partial charge in [0.15, 0.2) is 11.5 Å². The van der Waals surface area contributed by atoms with Crippen LogP contribution < -0.4 is 15.0 Å². The minimum atomic E-state index is -3.04. The average Bonchev–Trinajstić information content (AvgIpc) is 2.56. The largest absolute Gasteiger partial charge is 0.493 e. The Bertz CT molecular complexity index is 956. The van der Waals surface area contributed by atoms with E-state index in [1.165, 1.54) is 31.4 Å². The van der Waals surface area contributed by atoms with Gasteiger partial charge in [0.2, 0.25) is 0 Å². The minimum Gasteiger partial charge on any atom is -0.493 e. The van der Waals surface area contributed by atoms with Crippen molar-refractivity contribution in [2.45, 2.75) is 13.0 Å². The zero-order valence-corrected chi connectivity index (χ0v) is 13.1. The van der Waals surface area contributed by atoms with Crippen molar-refractivity contribution in [3.63, 3.8) is 0 Å². The van der Waals surface area contributed by atoms with E-state index in [-0.39, 0.29) is 34.6 Å². The number of ether oxygens (including phenoxy) is 2. The summed E-state index contributed by atoms with van der Waals surface area (Å²) in [5.41, 5.74) is 0.489. The van der Waals surface area contributed by atoms with E-state index in [0.29, 0.717) is 5.82 Å². The third-order valence-corrected chi connectivity index (χ3v) is 3.54. The summed E-state index contributed by atoms with van der Waals surface area (Å²) in [5.74, 6) is -0.260. The highest BCUT2D eigenvalue weighted by molar-refractivity contribution is 5.81. The first-order valence-corrected chi connectivity index (χ1v) is 7.26. The Kier molecular flexibility index (Phi) is 4.60. The van der Waals surface area contributed by atoms with Crippen LogP contribution in [0.3, 0.4) is 0 Å². The molecule has 3 rings (SSSR count). The van der Waals surface area contributed by atoms with Gasteiger partial charge in [-0.15, -0.1) is 0 Å². The highest BCUT2D eigenvalue weighted by Crippen LogP contribution is 2.31. The summed E-state index contributed by atoms with van der Waals surface area (Å²) < 4.78 is 47.4. The van der Waals surface area contributed by atoms with Gasteiger partial charge in [-0.25, -0.2) is 9.37 Å². The number of nitrogens with one attached hydrogen (secondary N) is 1. The van der Waals surface area contributed by atoms with Crippen LogP contribution in [0.2, 0.25) is 0 Å². The molecule has 1 aromatic heterocycles. The number of benzene rings is 2. The fourth-order valence-corrected chi connectivity index (χ4v) is 2.42. The molecule has 0 aliphatic carbocycles. The number of halogens is 3. The van der Waals surface area contributed by atoms with Crippen LogP contribution in [0.5, 0.6) is 11.5 Å². The first kappa shape index (κ1) is 16.8. The van der Waals surface area contributed by atoms with Crippen LogP contribution in [-0.4, -0.2) is 23.7 Å². The Morgan fingerprint density at radius 3 is 2.52 bits per heavy atom. The van der Waals surface area contributed by atoms with Gasteiger partial charge in [-0.05, 0) is 23.8 Å². The average molecular weight is 350 g/mol. The number of alkyl halides is 2. The first-order valence-electron chi connectivity index (χ1n) is 7.26. The van der Waals surface area contributed by atoms with Gasteiger partial charge in [0.05, 0.1) is 18.0 Å². The lowest BCUT2D eigenvalue weighted by Gasteiger charge is -2.11. The lowest BCUT2D eigenvalue weighted by Crippen LogP contribution is -2.13. The van der Waals surface area contributed by atoms with Crippen molar-refractivity contribution >= 4 is 10.9 Å². The van der Waals surface area contributed by atoms with E-state index < -0.39 is 12.2 Å². The van der Waals surface area contributed by atoms with Crippen LogP contribution in [0.25, 0.3) is 10.9 Å². The number of hydrogen-bond donors (Lipinski definition) is 1. The monoisotopic (exact) mass is 350 g/mol. The maximum atomic E-state index is 13.0. The summed E-state index contributed by atoms with van der Waals surface area (Å²) in [6.45, 7) is -3.04. The molecular weight excluding hydrogens is 337 g/mol. The van der Waals surface area contributed by atoms with Crippen LogP contribution >= 0.6 is 0 Å². The predicted molar refractivity (Wildman–Crippen MR) is 84.8 cm³/mol. The summed E-state index contributed by atoms with van der Waals surface area (Å²) in [5, 5.41) is 0.182. The minimum absolute atomic E-state index is 0.00591. The van der Waals surface area contributed by atoms with E-state index in [1.807, 2.05) is 0 Å². The Hall–Kier alpha value is -3.03. The molecule has 0 radical (unpaired) electrons. The molecule has 3 aromatic rings. The molecule has 0 fully saturated rings. The second-order valence-corrected chi connectivity index (χ2v) is 5.21. The maximum absolute atomic E-state index is 13.0. The summed E-state index contributed by atoms with van der Waals surface area (Å²) in [4.78, 5) is 19.1. The summed E-state index contributed by atoms with van der Waals surface area (Å²) >= 11 is 0. The summed E-state index contributed by atoms with van der Waals surface area (Å²) in [6, 6.07) is 8.25. The number of aromatic nitrogens is 2. The van der Waals surface area contributed by atoms with Gasteiger partial charge < -0.3 is 14.5 Å². The first-order chi connectivity index (χ1) is 12.0. The number of fused-ring (bicyclic) bond motifs is 1. The number of H-pyrrole nitrogens is 1. The van der Waals surface area contributed by atoms with E-state index in [0.717, 1.165) is 5.56 Å². The topological polar surface area (TPSA) is 64.2 Å². The third kappa shape index (κ3) is 3.73. The van der Waals surface area contributed by atoms with E-state index in [2.05, 4.69) is 14.7 Å². The van der Waals surface area contributed by atoms with Crippen molar-refractivity contribution in [2.75, 3.05) is 7.11 Å². The number of nitrogens with zero attached hydrogens (tertiary/aromatic N) is 1.